The number of nitrogens with zero attached hydrogens (tertiary/aromatic N) is 2. The quantitative estimate of drug-likeness (QED) is 0.479. The van der Waals surface area contributed by atoms with Crippen LogP contribution >= 0.6 is 11.8 Å². The van der Waals surface area contributed by atoms with Crippen LogP contribution in [0, 0.1) is 0 Å². The number of carbonyl (C=O) groups excluding carboxylic acids is 2. The van der Waals surface area contributed by atoms with Gasteiger partial charge >= 0.3 is 5.97 Å². The number of thioether (sulfide) groups is 1. The lowest BCUT2D eigenvalue weighted by Crippen LogP contribution is -2.11. The average Bonchev–Trinajstić information content (AvgIpc) is 2.96. The molecule has 1 amide bonds. The number of benzene rings is 1. The molecule has 1 aromatic heterocycles. The summed E-state index contributed by atoms with van der Waals surface area (Å²) in [6.45, 7) is 2.05. The molecule has 1 aromatic carbocycles. The van der Waals surface area contributed by atoms with Crippen molar-refractivity contribution in [3.8, 4) is 5.75 Å². The molecule has 0 aliphatic rings. The molecular weight excluding hydrogens is 314 g/mol. The van der Waals surface area contributed by atoms with Crippen molar-refractivity contribution < 1.29 is 14.3 Å². The molecule has 0 saturated carbocycles. The molecule has 0 aliphatic carbocycles. The maximum absolute atomic E-state index is 12.0. The van der Waals surface area contributed by atoms with E-state index in [2.05, 4.69) is 17.3 Å². The van der Waals surface area contributed by atoms with Crippen molar-refractivity contribution >= 4 is 29.3 Å². The zero-order valence-electron chi connectivity index (χ0n) is 13.1. The zero-order valence-corrected chi connectivity index (χ0v) is 13.9. The van der Waals surface area contributed by atoms with Gasteiger partial charge in [0.2, 0.25) is 0 Å². The monoisotopic (exact) mass is 333 g/mol. The van der Waals surface area contributed by atoms with E-state index in [1.54, 1.807) is 54.0 Å². The molecule has 2 aromatic rings. The standard InChI is InChI=1S/C16H19N3O3S/c1-3-23-9-8-15(20)22-14-6-4-13(5-7-14)18-16(21)12-10-17-19(2)11-12/h4-7,10-11H,3,8-9H2,1-2H3,(H,18,21). The lowest BCUT2D eigenvalue weighted by Gasteiger charge is -2.06. The summed E-state index contributed by atoms with van der Waals surface area (Å²) in [5.41, 5.74) is 1.11. The van der Waals surface area contributed by atoms with Gasteiger partial charge in [0.05, 0.1) is 18.2 Å². The molecule has 0 fully saturated rings. The Morgan fingerprint density at radius 2 is 2.04 bits per heavy atom. The highest BCUT2D eigenvalue weighted by Crippen LogP contribution is 2.17. The third kappa shape index (κ3) is 5.45. The van der Waals surface area contributed by atoms with Gasteiger partial charge in [0, 0.05) is 24.7 Å². The molecule has 1 heterocycles. The number of carbonyl (C=O) groups is 2. The van der Waals surface area contributed by atoms with Crippen LogP contribution in [0.5, 0.6) is 5.75 Å². The summed E-state index contributed by atoms with van der Waals surface area (Å²) in [4.78, 5) is 23.6. The highest BCUT2D eigenvalue weighted by Gasteiger charge is 2.09. The molecule has 0 saturated heterocycles. The van der Waals surface area contributed by atoms with Crippen molar-refractivity contribution in [3.05, 3.63) is 42.2 Å². The summed E-state index contributed by atoms with van der Waals surface area (Å²) >= 11 is 1.70. The maximum Gasteiger partial charge on any atom is 0.312 e. The molecule has 0 atom stereocenters. The molecule has 1 N–H and O–H groups in total. The lowest BCUT2D eigenvalue weighted by atomic mass is 10.2. The SMILES string of the molecule is CCSCCC(=O)Oc1ccc(NC(=O)c2cnn(C)c2)cc1. The van der Waals surface area contributed by atoms with Gasteiger partial charge in [-0.25, -0.2) is 0 Å². The lowest BCUT2D eigenvalue weighted by molar-refractivity contribution is -0.133. The van der Waals surface area contributed by atoms with E-state index >= 15 is 0 Å². The molecule has 122 valence electrons. The third-order valence-electron chi connectivity index (χ3n) is 2.97. The van der Waals surface area contributed by atoms with E-state index in [9.17, 15) is 9.59 Å². The predicted octanol–water partition coefficient (Wildman–Crippen LogP) is 2.72. The van der Waals surface area contributed by atoms with Crippen molar-refractivity contribution in [1.29, 1.82) is 0 Å². The summed E-state index contributed by atoms with van der Waals surface area (Å²) in [6.07, 6.45) is 3.53. The molecule has 2 rings (SSSR count). The number of esters is 1. The summed E-state index contributed by atoms with van der Waals surface area (Å²) in [5, 5.41) is 6.71. The van der Waals surface area contributed by atoms with Crippen LogP contribution in [0.1, 0.15) is 23.7 Å². The van der Waals surface area contributed by atoms with Crippen molar-refractivity contribution in [2.75, 3.05) is 16.8 Å². The fourth-order valence-electron chi connectivity index (χ4n) is 1.83. The van der Waals surface area contributed by atoms with E-state index in [4.69, 9.17) is 4.74 Å². The molecule has 6 nitrogen and oxygen atoms in total. The molecule has 0 bridgehead atoms. The number of ether oxygens (including phenoxy) is 1. The first-order chi connectivity index (χ1) is 11.1. The number of hydrogen-bond acceptors (Lipinski definition) is 5. The van der Waals surface area contributed by atoms with Gasteiger partial charge < -0.3 is 10.1 Å². The predicted molar refractivity (Wildman–Crippen MR) is 90.9 cm³/mol. The van der Waals surface area contributed by atoms with Crippen LogP contribution in [0.25, 0.3) is 0 Å². The zero-order chi connectivity index (χ0) is 16.7. The minimum Gasteiger partial charge on any atom is -0.427 e. The van der Waals surface area contributed by atoms with E-state index < -0.39 is 0 Å². The van der Waals surface area contributed by atoms with Crippen molar-refractivity contribution in [2.45, 2.75) is 13.3 Å². The van der Waals surface area contributed by atoms with Crippen LogP contribution < -0.4 is 10.1 Å². The second-order valence-corrected chi connectivity index (χ2v) is 6.20. The van der Waals surface area contributed by atoms with E-state index in [0.717, 1.165) is 11.5 Å². The molecule has 0 aliphatic heterocycles. The largest absolute Gasteiger partial charge is 0.427 e. The van der Waals surface area contributed by atoms with Gasteiger partial charge in [-0.2, -0.15) is 16.9 Å². The number of anilines is 1. The van der Waals surface area contributed by atoms with Crippen molar-refractivity contribution in [2.24, 2.45) is 7.05 Å². The minimum atomic E-state index is -0.252. The first-order valence-electron chi connectivity index (χ1n) is 7.27. The van der Waals surface area contributed by atoms with E-state index in [1.807, 2.05) is 0 Å². The van der Waals surface area contributed by atoms with Crippen LogP contribution in [0.4, 0.5) is 5.69 Å². The first-order valence-corrected chi connectivity index (χ1v) is 8.42. The molecule has 23 heavy (non-hydrogen) atoms. The number of aryl methyl sites for hydroxylation is 1. The Balaban J connectivity index is 1.87. The molecule has 0 unspecified atom stereocenters. The minimum absolute atomic E-state index is 0.237. The Bertz CT molecular complexity index is 667. The van der Waals surface area contributed by atoms with E-state index in [0.29, 0.717) is 23.4 Å². The van der Waals surface area contributed by atoms with Crippen LogP contribution in [0.2, 0.25) is 0 Å². The van der Waals surface area contributed by atoms with E-state index in [-0.39, 0.29) is 11.9 Å². The van der Waals surface area contributed by atoms with Gasteiger partial charge in [-0.3, -0.25) is 14.3 Å². The molecule has 7 heteroatoms. The van der Waals surface area contributed by atoms with Crippen LogP contribution in [-0.4, -0.2) is 33.2 Å². The smallest absolute Gasteiger partial charge is 0.312 e. The highest BCUT2D eigenvalue weighted by molar-refractivity contribution is 7.99. The van der Waals surface area contributed by atoms with Gasteiger partial charge in [-0.05, 0) is 30.0 Å². The maximum atomic E-state index is 12.0. The Morgan fingerprint density at radius 3 is 2.65 bits per heavy atom. The number of rotatable bonds is 7. The molecule has 0 radical (unpaired) electrons. The molecular formula is C16H19N3O3S. The Morgan fingerprint density at radius 1 is 1.30 bits per heavy atom. The van der Waals surface area contributed by atoms with Crippen molar-refractivity contribution in [1.82, 2.24) is 9.78 Å². The summed E-state index contributed by atoms with van der Waals surface area (Å²) < 4.78 is 6.79. The topological polar surface area (TPSA) is 73.2 Å². The van der Waals surface area contributed by atoms with E-state index in [1.165, 1.54) is 6.20 Å². The fraction of sp³-hybridized carbons (Fsp3) is 0.312. The number of hydrogen-bond donors (Lipinski definition) is 1. The fourth-order valence-corrected chi connectivity index (χ4v) is 2.43. The number of nitrogens with one attached hydrogen (secondary N) is 1. The molecule has 0 spiro atoms. The summed E-state index contributed by atoms with van der Waals surface area (Å²) in [7, 11) is 1.75. The first kappa shape index (κ1) is 17.1. The second kappa shape index (κ2) is 8.38. The number of aromatic nitrogens is 2. The Labute approximate surface area is 139 Å². The summed E-state index contributed by atoms with van der Waals surface area (Å²) in [5.74, 6) is 1.72. The van der Waals surface area contributed by atoms with Crippen LogP contribution in [0.3, 0.4) is 0 Å². The average molecular weight is 333 g/mol. The van der Waals surface area contributed by atoms with Crippen LogP contribution in [-0.2, 0) is 11.8 Å². The van der Waals surface area contributed by atoms with Crippen LogP contribution in [0.15, 0.2) is 36.7 Å². The Hall–Kier alpha value is -2.28. The number of amides is 1. The highest BCUT2D eigenvalue weighted by atomic mass is 32.2. The van der Waals surface area contributed by atoms with Gasteiger partial charge in [0.15, 0.2) is 0 Å². The van der Waals surface area contributed by atoms with Gasteiger partial charge in [-0.1, -0.05) is 6.92 Å². The van der Waals surface area contributed by atoms with Gasteiger partial charge in [-0.15, -0.1) is 0 Å². The Kier molecular flexibility index (Phi) is 6.22. The third-order valence-corrected chi connectivity index (χ3v) is 3.87. The van der Waals surface area contributed by atoms with Gasteiger partial charge in [0.1, 0.15) is 5.75 Å². The normalized spacial score (nSPS) is 10.3. The van der Waals surface area contributed by atoms with Gasteiger partial charge in [0.25, 0.3) is 5.91 Å². The summed E-state index contributed by atoms with van der Waals surface area (Å²) in [6, 6.07) is 6.70. The second-order valence-electron chi connectivity index (χ2n) is 4.80. The van der Waals surface area contributed by atoms with Crippen molar-refractivity contribution in [3.63, 3.8) is 0 Å².